The predicted octanol–water partition coefficient (Wildman–Crippen LogP) is 3.08. The summed E-state index contributed by atoms with van der Waals surface area (Å²) >= 11 is 0. The average molecular weight is 266 g/mol. The molecule has 1 amide bonds. The molecule has 0 aromatic carbocycles. The van der Waals surface area contributed by atoms with Gasteiger partial charge >= 0.3 is 0 Å². The van der Waals surface area contributed by atoms with Crippen LogP contribution >= 0.6 is 0 Å². The lowest BCUT2D eigenvalue weighted by Crippen LogP contribution is -2.44. The van der Waals surface area contributed by atoms with Gasteiger partial charge in [0.1, 0.15) is 0 Å². The van der Waals surface area contributed by atoms with E-state index >= 15 is 0 Å². The Hall–Kier alpha value is -0.570. The molecule has 0 aromatic heterocycles. The second-order valence-electron chi connectivity index (χ2n) is 6.36. The van der Waals surface area contributed by atoms with Crippen LogP contribution in [-0.4, -0.2) is 29.9 Å². The van der Waals surface area contributed by atoms with E-state index in [0.29, 0.717) is 18.5 Å². The zero-order valence-corrected chi connectivity index (χ0v) is 12.3. The molecule has 2 aliphatic rings. The number of carbonyl (C=O) groups is 1. The topological polar surface area (TPSA) is 46.3 Å². The molecule has 0 aliphatic heterocycles. The zero-order chi connectivity index (χ0) is 13.5. The van der Waals surface area contributed by atoms with E-state index in [4.69, 9.17) is 5.73 Å². The van der Waals surface area contributed by atoms with Crippen molar-refractivity contribution in [3.63, 3.8) is 0 Å². The minimum absolute atomic E-state index is 0.365. The van der Waals surface area contributed by atoms with Crippen LogP contribution in [0.15, 0.2) is 0 Å². The first-order valence-electron chi connectivity index (χ1n) is 8.31. The summed E-state index contributed by atoms with van der Waals surface area (Å²) in [5.41, 5.74) is 5.70. The van der Waals surface area contributed by atoms with Crippen molar-refractivity contribution in [2.24, 2.45) is 11.7 Å². The smallest absolute Gasteiger partial charge is 0.222 e. The first-order valence-corrected chi connectivity index (χ1v) is 8.31. The van der Waals surface area contributed by atoms with E-state index in [9.17, 15) is 4.79 Å². The lowest BCUT2D eigenvalue weighted by molar-refractivity contribution is -0.134. The molecule has 3 nitrogen and oxygen atoms in total. The van der Waals surface area contributed by atoms with E-state index in [0.717, 1.165) is 25.3 Å². The summed E-state index contributed by atoms with van der Waals surface area (Å²) in [6.45, 7) is 1.36. The third kappa shape index (κ3) is 4.48. The molecule has 0 saturated heterocycles. The Balaban J connectivity index is 1.80. The molecule has 2 rings (SSSR count). The Kier molecular flexibility index (Phi) is 6.15. The van der Waals surface area contributed by atoms with Crippen LogP contribution in [0, 0.1) is 5.92 Å². The zero-order valence-electron chi connectivity index (χ0n) is 12.3. The highest BCUT2D eigenvalue weighted by Crippen LogP contribution is 2.29. The number of rotatable bonds is 6. The Morgan fingerprint density at radius 3 is 2.26 bits per heavy atom. The molecule has 19 heavy (non-hydrogen) atoms. The Bertz CT molecular complexity index is 268. The first kappa shape index (κ1) is 14.8. The quantitative estimate of drug-likeness (QED) is 0.803. The highest BCUT2D eigenvalue weighted by atomic mass is 16.2. The second-order valence-corrected chi connectivity index (χ2v) is 6.36. The van der Waals surface area contributed by atoms with Crippen LogP contribution in [0.25, 0.3) is 0 Å². The SMILES string of the molecule is NCCN(C(=O)CCC1CCCC1)C1CCCCC1. The average Bonchev–Trinajstić information content (AvgIpc) is 2.96. The summed E-state index contributed by atoms with van der Waals surface area (Å²) in [5, 5.41) is 0. The molecule has 0 heterocycles. The van der Waals surface area contributed by atoms with Crippen LogP contribution in [0.2, 0.25) is 0 Å². The molecule has 2 fully saturated rings. The van der Waals surface area contributed by atoms with Crippen molar-refractivity contribution in [2.45, 2.75) is 76.7 Å². The molecule has 2 N–H and O–H groups in total. The van der Waals surface area contributed by atoms with Crippen molar-refractivity contribution in [3.8, 4) is 0 Å². The maximum Gasteiger partial charge on any atom is 0.222 e. The van der Waals surface area contributed by atoms with Crippen molar-refractivity contribution in [1.29, 1.82) is 0 Å². The summed E-state index contributed by atoms with van der Waals surface area (Å²) in [7, 11) is 0. The van der Waals surface area contributed by atoms with Gasteiger partial charge < -0.3 is 10.6 Å². The normalized spacial score (nSPS) is 21.7. The minimum Gasteiger partial charge on any atom is -0.338 e. The van der Waals surface area contributed by atoms with Gasteiger partial charge in [0, 0.05) is 25.6 Å². The van der Waals surface area contributed by atoms with Gasteiger partial charge in [0.05, 0.1) is 0 Å². The maximum absolute atomic E-state index is 12.5. The van der Waals surface area contributed by atoms with Gasteiger partial charge in [0.15, 0.2) is 0 Å². The van der Waals surface area contributed by atoms with Gasteiger partial charge in [-0.1, -0.05) is 44.9 Å². The van der Waals surface area contributed by atoms with Crippen LogP contribution in [0.3, 0.4) is 0 Å². The number of carbonyl (C=O) groups excluding carboxylic acids is 1. The summed E-state index contributed by atoms with van der Waals surface area (Å²) in [5.74, 6) is 1.18. The van der Waals surface area contributed by atoms with Gasteiger partial charge in [-0.05, 0) is 25.2 Å². The highest BCUT2D eigenvalue weighted by molar-refractivity contribution is 5.76. The number of nitrogens with zero attached hydrogens (tertiary/aromatic N) is 1. The Labute approximate surface area is 117 Å². The van der Waals surface area contributed by atoms with Crippen molar-refractivity contribution in [2.75, 3.05) is 13.1 Å². The van der Waals surface area contributed by atoms with Gasteiger partial charge in [-0.2, -0.15) is 0 Å². The summed E-state index contributed by atoms with van der Waals surface area (Å²) in [4.78, 5) is 14.6. The molecular weight excluding hydrogens is 236 g/mol. The molecule has 0 unspecified atom stereocenters. The molecule has 110 valence electrons. The van der Waals surface area contributed by atoms with E-state index in [1.165, 1.54) is 57.8 Å². The number of amides is 1. The molecule has 2 saturated carbocycles. The lowest BCUT2D eigenvalue weighted by atomic mass is 9.93. The van der Waals surface area contributed by atoms with Crippen LogP contribution in [-0.2, 0) is 4.79 Å². The van der Waals surface area contributed by atoms with Crippen molar-refractivity contribution in [3.05, 3.63) is 0 Å². The van der Waals surface area contributed by atoms with Crippen LogP contribution in [0.4, 0.5) is 0 Å². The van der Waals surface area contributed by atoms with Gasteiger partial charge in [-0.15, -0.1) is 0 Å². The monoisotopic (exact) mass is 266 g/mol. The third-order valence-electron chi connectivity index (χ3n) is 4.95. The fourth-order valence-electron chi connectivity index (χ4n) is 3.81. The van der Waals surface area contributed by atoms with Gasteiger partial charge in [-0.3, -0.25) is 4.79 Å². The lowest BCUT2D eigenvalue weighted by Gasteiger charge is -2.34. The van der Waals surface area contributed by atoms with Crippen molar-refractivity contribution in [1.82, 2.24) is 4.90 Å². The molecule has 0 spiro atoms. The standard InChI is InChI=1S/C16H30N2O/c17-12-13-18(15-8-2-1-3-9-15)16(19)11-10-14-6-4-5-7-14/h14-15H,1-13,17H2. The van der Waals surface area contributed by atoms with E-state index in [1.807, 2.05) is 0 Å². The molecule has 0 aromatic rings. The first-order chi connectivity index (χ1) is 9.31. The third-order valence-corrected chi connectivity index (χ3v) is 4.95. The maximum atomic E-state index is 12.5. The number of nitrogens with two attached hydrogens (primary N) is 1. The molecule has 0 radical (unpaired) electrons. The van der Waals surface area contributed by atoms with Crippen molar-refractivity contribution < 1.29 is 4.79 Å². The molecule has 2 aliphatic carbocycles. The van der Waals surface area contributed by atoms with Gasteiger partial charge in [-0.25, -0.2) is 0 Å². The van der Waals surface area contributed by atoms with E-state index in [-0.39, 0.29) is 0 Å². The van der Waals surface area contributed by atoms with Crippen LogP contribution in [0.1, 0.15) is 70.6 Å². The van der Waals surface area contributed by atoms with E-state index in [2.05, 4.69) is 4.90 Å². The Morgan fingerprint density at radius 2 is 1.63 bits per heavy atom. The van der Waals surface area contributed by atoms with Gasteiger partial charge in [0.2, 0.25) is 5.91 Å². The van der Waals surface area contributed by atoms with E-state index < -0.39 is 0 Å². The van der Waals surface area contributed by atoms with Crippen LogP contribution < -0.4 is 5.73 Å². The predicted molar refractivity (Wildman–Crippen MR) is 78.8 cm³/mol. The highest BCUT2D eigenvalue weighted by Gasteiger charge is 2.25. The van der Waals surface area contributed by atoms with Crippen LogP contribution in [0.5, 0.6) is 0 Å². The largest absolute Gasteiger partial charge is 0.338 e. The van der Waals surface area contributed by atoms with E-state index in [1.54, 1.807) is 0 Å². The number of hydrogen-bond acceptors (Lipinski definition) is 2. The van der Waals surface area contributed by atoms with Gasteiger partial charge in [0.25, 0.3) is 0 Å². The van der Waals surface area contributed by atoms with Crippen molar-refractivity contribution >= 4 is 5.91 Å². The summed E-state index contributed by atoms with van der Waals surface area (Å²) in [6, 6.07) is 0.480. The second kappa shape index (κ2) is 7.88. The summed E-state index contributed by atoms with van der Waals surface area (Å²) in [6.07, 6.45) is 13.5. The minimum atomic E-state index is 0.365. The fourth-order valence-corrected chi connectivity index (χ4v) is 3.81. The fraction of sp³-hybridized carbons (Fsp3) is 0.938. The summed E-state index contributed by atoms with van der Waals surface area (Å²) < 4.78 is 0. The molecule has 3 heteroatoms. The number of hydrogen-bond donors (Lipinski definition) is 1. The molecule has 0 atom stereocenters. The Morgan fingerprint density at radius 1 is 1.00 bits per heavy atom. The molecular formula is C16H30N2O. The molecule has 0 bridgehead atoms.